The molecule has 0 aliphatic rings. The topological polar surface area (TPSA) is 78.9 Å². The molecule has 0 aliphatic carbocycles. The summed E-state index contributed by atoms with van der Waals surface area (Å²) in [6.45, 7) is 0.760. The molecule has 0 fully saturated rings. The SMILES string of the molecule is C#CCOS(=O)(=O)COP(C)(=O)OC. The van der Waals surface area contributed by atoms with Crippen molar-refractivity contribution in [1.29, 1.82) is 0 Å². The van der Waals surface area contributed by atoms with Crippen molar-refractivity contribution < 1.29 is 26.2 Å². The molecular formula is C6H11O6PS. The van der Waals surface area contributed by atoms with Crippen LogP contribution in [-0.4, -0.2) is 34.7 Å². The second kappa shape index (κ2) is 5.49. The Hall–Kier alpha value is -0.380. The predicted molar refractivity (Wildman–Crippen MR) is 50.2 cm³/mol. The summed E-state index contributed by atoms with van der Waals surface area (Å²) in [5, 5.41) is 0. The summed E-state index contributed by atoms with van der Waals surface area (Å²) in [5.74, 6) is 1.13. The summed E-state index contributed by atoms with van der Waals surface area (Å²) in [6, 6.07) is 0. The van der Waals surface area contributed by atoms with Gasteiger partial charge in [-0.05, 0) is 0 Å². The van der Waals surface area contributed by atoms with Crippen molar-refractivity contribution in [3.63, 3.8) is 0 Å². The first-order valence-corrected chi connectivity index (χ1v) is 6.98. The molecule has 0 radical (unpaired) electrons. The van der Waals surface area contributed by atoms with Crippen LogP contribution >= 0.6 is 7.60 Å². The molecule has 1 unspecified atom stereocenters. The Balaban J connectivity index is 4.15. The molecule has 0 aromatic rings. The Morgan fingerprint density at radius 1 is 1.50 bits per heavy atom. The van der Waals surface area contributed by atoms with E-state index >= 15 is 0 Å². The number of hydrogen-bond acceptors (Lipinski definition) is 6. The van der Waals surface area contributed by atoms with Crippen molar-refractivity contribution in [3.05, 3.63) is 0 Å². The van der Waals surface area contributed by atoms with Gasteiger partial charge in [-0.2, -0.15) is 8.42 Å². The normalized spacial score (nSPS) is 15.8. The van der Waals surface area contributed by atoms with Gasteiger partial charge in [0, 0.05) is 13.8 Å². The van der Waals surface area contributed by atoms with E-state index in [-0.39, 0.29) is 6.61 Å². The zero-order valence-corrected chi connectivity index (χ0v) is 9.51. The van der Waals surface area contributed by atoms with E-state index in [1.54, 1.807) is 0 Å². The number of terminal acetylenes is 1. The third kappa shape index (κ3) is 6.13. The highest BCUT2D eigenvalue weighted by Gasteiger charge is 2.20. The van der Waals surface area contributed by atoms with E-state index < -0.39 is 23.7 Å². The van der Waals surface area contributed by atoms with Crippen molar-refractivity contribution in [2.75, 3.05) is 26.3 Å². The molecule has 6 nitrogen and oxygen atoms in total. The van der Waals surface area contributed by atoms with Crippen LogP contribution in [0, 0.1) is 12.3 Å². The standard InChI is InChI=1S/C6H11O6PS/c1-4-5-12-14(8,9)6-11-13(3,7)10-2/h1H,5-6H2,2-3H3. The summed E-state index contributed by atoms with van der Waals surface area (Å²) in [6.07, 6.45) is 4.78. The highest BCUT2D eigenvalue weighted by molar-refractivity contribution is 7.86. The lowest BCUT2D eigenvalue weighted by Gasteiger charge is -2.10. The van der Waals surface area contributed by atoms with Gasteiger partial charge in [0.1, 0.15) is 6.61 Å². The fourth-order valence-electron chi connectivity index (χ4n) is 0.371. The third-order valence-corrected chi connectivity index (χ3v) is 3.40. The van der Waals surface area contributed by atoms with Crippen LogP contribution in [0.2, 0.25) is 0 Å². The van der Waals surface area contributed by atoms with Gasteiger partial charge in [0.15, 0.2) is 5.94 Å². The van der Waals surface area contributed by atoms with Gasteiger partial charge >= 0.3 is 7.60 Å². The molecule has 14 heavy (non-hydrogen) atoms. The zero-order chi connectivity index (χ0) is 11.2. The average molecular weight is 242 g/mol. The largest absolute Gasteiger partial charge is 0.328 e. The van der Waals surface area contributed by atoms with Crippen molar-refractivity contribution in [2.45, 2.75) is 0 Å². The van der Waals surface area contributed by atoms with Crippen LogP contribution in [0.1, 0.15) is 0 Å². The first-order valence-electron chi connectivity index (χ1n) is 3.41. The molecule has 0 saturated heterocycles. The second-order valence-corrected chi connectivity index (χ2v) is 5.98. The molecule has 0 heterocycles. The number of rotatable bonds is 6. The van der Waals surface area contributed by atoms with Crippen LogP contribution in [-0.2, 0) is 27.9 Å². The highest BCUT2D eigenvalue weighted by atomic mass is 32.2. The molecule has 0 N–H and O–H groups in total. The molecule has 0 spiro atoms. The molecule has 1 atom stereocenters. The van der Waals surface area contributed by atoms with Gasteiger partial charge in [-0.15, -0.1) is 6.42 Å². The van der Waals surface area contributed by atoms with E-state index in [2.05, 4.69) is 13.2 Å². The molecule has 0 bridgehead atoms. The summed E-state index contributed by atoms with van der Waals surface area (Å²) < 4.78 is 46.1. The summed E-state index contributed by atoms with van der Waals surface area (Å²) >= 11 is 0. The second-order valence-electron chi connectivity index (χ2n) is 2.22. The fraction of sp³-hybridized carbons (Fsp3) is 0.667. The van der Waals surface area contributed by atoms with Crippen LogP contribution in [0.3, 0.4) is 0 Å². The molecule has 8 heteroatoms. The van der Waals surface area contributed by atoms with Crippen molar-refractivity contribution >= 4 is 17.7 Å². The van der Waals surface area contributed by atoms with E-state index in [0.29, 0.717) is 0 Å². The Morgan fingerprint density at radius 2 is 2.07 bits per heavy atom. The molecule has 0 saturated carbocycles. The van der Waals surface area contributed by atoms with E-state index in [0.717, 1.165) is 13.8 Å². The van der Waals surface area contributed by atoms with E-state index in [4.69, 9.17) is 6.42 Å². The van der Waals surface area contributed by atoms with Gasteiger partial charge in [-0.1, -0.05) is 5.92 Å². The van der Waals surface area contributed by atoms with Gasteiger partial charge in [0.05, 0.1) is 0 Å². The van der Waals surface area contributed by atoms with Crippen LogP contribution in [0.4, 0.5) is 0 Å². The third-order valence-electron chi connectivity index (χ3n) is 1.09. The maximum atomic E-state index is 11.1. The van der Waals surface area contributed by atoms with E-state index in [1.807, 2.05) is 5.92 Å². The number of hydrogen-bond donors (Lipinski definition) is 0. The zero-order valence-electron chi connectivity index (χ0n) is 7.80. The quantitative estimate of drug-likeness (QED) is 0.381. The molecule has 0 amide bonds. The maximum Gasteiger partial charge on any atom is 0.328 e. The molecule has 82 valence electrons. The summed E-state index contributed by atoms with van der Waals surface area (Å²) in [7, 11) is -6.07. The first kappa shape index (κ1) is 13.6. The Bertz CT molecular complexity index is 353. The van der Waals surface area contributed by atoms with Crippen molar-refractivity contribution in [1.82, 2.24) is 0 Å². The van der Waals surface area contributed by atoms with Gasteiger partial charge in [-0.25, -0.2) is 0 Å². The smallest absolute Gasteiger partial charge is 0.312 e. The maximum absolute atomic E-state index is 11.1. The average Bonchev–Trinajstić information content (AvgIpc) is 2.12. The summed E-state index contributed by atoms with van der Waals surface area (Å²) in [5.41, 5.74) is 0. The van der Waals surface area contributed by atoms with Crippen molar-refractivity contribution in [3.8, 4) is 12.3 Å². The predicted octanol–water partition coefficient (Wildman–Crippen LogP) is 0.409. The van der Waals surface area contributed by atoms with Gasteiger partial charge in [-0.3, -0.25) is 13.3 Å². The van der Waals surface area contributed by atoms with Gasteiger partial charge in [0.25, 0.3) is 10.1 Å². The minimum atomic E-state index is -3.90. The minimum absolute atomic E-state index is 0.382. The highest BCUT2D eigenvalue weighted by Crippen LogP contribution is 2.42. The molecular weight excluding hydrogens is 231 g/mol. The Labute approximate surface area is 83.2 Å². The fourth-order valence-corrected chi connectivity index (χ4v) is 2.07. The minimum Gasteiger partial charge on any atom is -0.312 e. The molecule has 0 aromatic heterocycles. The monoisotopic (exact) mass is 242 g/mol. The molecule has 0 aromatic carbocycles. The van der Waals surface area contributed by atoms with Crippen LogP contribution < -0.4 is 0 Å². The Morgan fingerprint density at radius 3 is 2.50 bits per heavy atom. The summed E-state index contributed by atoms with van der Waals surface area (Å²) in [4.78, 5) is 0. The van der Waals surface area contributed by atoms with Gasteiger partial charge in [0.2, 0.25) is 0 Å². The van der Waals surface area contributed by atoms with Gasteiger partial charge < -0.3 is 4.52 Å². The Kier molecular flexibility index (Phi) is 5.34. The van der Waals surface area contributed by atoms with Crippen LogP contribution in [0.5, 0.6) is 0 Å². The van der Waals surface area contributed by atoms with E-state index in [9.17, 15) is 13.0 Å². The lowest BCUT2D eigenvalue weighted by Crippen LogP contribution is -2.12. The lowest BCUT2D eigenvalue weighted by molar-refractivity contribution is 0.254. The molecule has 0 aliphatic heterocycles. The lowest BCUT2D eigenvalue weighted by atomic mass is 10.8. The first-order chi connectivity index (χ1) is 6.33. The van der Waals surface area contributed by atoms with Crippen LogP contribution in [0.15, 0.2) is 0 Å². The van der Waals surface area contributed by atoms with E-state index in [1.165, 1.54) is 0 Å². The van der Waals surface area contributed by atoms with Crippen molar-refractivity contribution in [2.24, 2.45) is 0 Å². The molecule has 0 rings (SSSR count). The van der Waals surface area contributed by atoms with Crippen LogP contribution in [0.25, 0.3) is 0 Å².